The number of carbonyl (C=O) groups is 2. The number of aromatic hydroxyl groups is 1. The molecule has 2 aromatic heterocycles. The molecule has 2 aromatic rings. The Morgan fingerprint density at radius 2 is 1.94 bits per heavy atom. The van der Waals surface area contributed by atoms with Gasteiger partial charge in [0.1, 0.15) is 0 Å². The van der Waals surface area contributed by atoms with Gasteiger partial charge in [0, 0.05) is 31.8 Å². The summed E-state index contributed by atoms with van der Waals surface area (Å²) in [6.45, 7) is 2.35. The molecule has 4 N–H and O–H groups in total. The highest BCUT2D eigenvalue weighted by Crippen LogP contribution is 2.33. The summed E-state index contributed by atoms with van der Waals surface area (Å²) in [4.78, 5) is 40.2. The Bertz CT molecular complexity index is 1170. The molecule has 3 aliphatic rings. The number of aromatic nitrogens is 3. The van der Waals surface area contributed by atoms with Crippen LogP contribution in [0.3, 0.4) is 0 Å². The number of nitrogens with two attached hydrogens (primary N) is 1. The molecule has 170 valence electrons. The third kappa shape index (κ3) is 3.83. The smallest absolute Gasteiger partial charge is 0.270 e. The number of carbonyl (C=O) groups excluding carboxylic acids is 2. The lowest BCUT2D eigenvalue weighted by atomic mass is 10.2. The van der Waals surface area contributed by atoms with E-state index in [1.807, 2.05) is 0 Å². The Morgan fingerprint density at radius 1 is 1.22 bits per heavy atom. The zero-order valence-corrected chi connectivity index (χ0v) is 17.6. The van der Waals surface area contributed by atoms with Gasteiger partial charge in [-0.15, -0.1) is 5.10 Å². The van der Waals surface area contributed by atoms with Crippen molar-refractivity contribution < 1.29 is 19.4 Å². The predicted octanol–water partition coefficient (Wildman–Crippen LogP) is -0.0420. The average Bonchev–Trinajstić information content (AvgIpc) is 3.71. The normalized spacial score (nSPS) is 19.1. The van der Waals surface area contributed by atoms with Gasteiger partial charge in [-0.3, -0.25) is 19.0 Å². The van der Waals surface area contributed by atoms with Crippen LogP contribution < -0.4 is 16.6 Å². The van der Waals surface area contributed by atoms with Gasteiger partial charge in [-0.25, -0.2) is 0 Å². The van der Waals surface area contributed by atoms with Gasteiger partial charge in [0.2, 0.25) is 11.8 Å². The molecule has 3 heterocycles. The van der Waals surface area contributed by atoms with Gasteiger partial charge in [0.05, 0.1) is 18.8 Å². The van der Waals surface area contributed by atoms with Crippen LogP contribution in [0.1, 0.15) is 41.6 Å². The minimum atomic E-state index is -0.616. The van der Waals surface area contributed by atoms with Gasteiger partial charge in [-0.2, -0.15) is 4.52 Å². The van der Waals surface area contributed by atoms with Gasteiger partial charge < -0.3 is 25.8 Å². The largest absolute Gasteiger partial charge is 0.492 e. The standard InChI is InChI=1S/C21H26N6O5/c22-17-14(5-6-15(28)25-7-9-32-10-8-25)19-26(11-12-1-2-12)20(30)16(21(31)27(19)24-17)18(29)23-13-3-4-13/h5-6,12-13,31H,1-4,7-11H2,(H2,22,24)(H,23,29)/b6-5+. The average molecular weight is 442 g/mol. The zero-order chi connectivity index (χ0) is 22.4. The van der Waals surface area contributed by atoms with E-state index in [-0.39, 0.29) is 29.0 Å². The Labute approximate surface area is 183 Å². The van der Waals surface area contributed by atoms with Gasteiger partial charge in [0.15, 0.2) is 17.0 Å². The maximum Gasteiger partial charge on any atom is 0.270 e. The van der Waals surface area contributed by atoms with Gasteiger partial charge >= 0.3 is 0 Å². The number of anilines is 1. The highest BCUT2D eigenvalue weighted by molar-refractivity contribution is 5.97. The number of nitrogens with zero attached hydrogens (tertiary/aromatic N) is 4. The van der Waals surface area contributed by atoms with Crippen molar-refractivity contribution in [3.8, 4) is 5.88 Å². The SMILES string of the molecule is Nc1nn2c(O)c(C(=O)NC3CC3)c(=O)n(CC3CC3)c2c1/C=C/C(=O)N1CCOCC1. The van der Waals surface area contributed by atoms with Crippen LogP contribution in [-0.4, -0.2) is 68.3 Å². The second-order valence-electron chi connectivity index (χ2n) is 8.61. The quantitative estimate of drug-likeness (QED) is 0.532. The lowest BCUT2D eigenvalue weighted by Crippen LogP contribution is -2.39. The van der Waals surface area contributed by atoms with Gasteiger partial charge in [-0.05, 0) is 37.7 Å². The minimum Gasteiger partial charge on any atom is -0.492 e. The Hall–Kier alpha value is -3.34. The van der Waals surface area contributed by atoms with Crippen LogP contribution in [0.2, 0.25) is 0 Å². The number of hydrogen-bond donors (Lipinski definition) is 3. The van der Waals surface area contributed by atoms with E-state index in [1.165, 1.54) is 16.7 Å². The fraction of sp³-hybridized carbons (Fsp3) is 0.524. The summed E-state index contributed by atoms with van der Waals surface area (Å²) in [6.07, 6.45) is 6.57. The molecule has 0 aromatic carbocycles. The van der Waals surface area contributed by atoms with Crippen molar-refractivity contribution in [1.82, 2.24) is 24.4 Å². The van der Waals surface area contributed by atoms with Crippen LogP contribution in [0.25, 0.3) is 11.7 Å². The Kier molecular flexibility index (Phi) is 5.12. The molecule has 2 saturated carbocycles. The van der Waals surface area contributed by atoms with Crippen molar-refractivity contribution in [3.63, 3.8) is 0 Å². The van der Waals surface area contributed by atoms with Crippen molar-refractivity contribution in [1.29, 1.82) is 0 Å². The molecule has 32 heavy (non-hydrogen) atoms. The molecule has 0 spiro atoms. The molecule has 1 aliphatic heterocycles. The van der Waals surface area contributed by atoms with Crippen molar-refractivity contribution in [2.45, 2.75) is 38.3 Å². The topological polar surface area (TPSA) is 144 Å². The lowest BCUT2D eigenvalue weighted by molar-refractivity contribution is -0.129. The summed E-state index contributed by atoms with van der Waals surface area (Å²) >= 11 is 0. The van der Waals surface area contributed by atoms with Gasteiger partial charge in [0.25, 0.3) is 11.5 Å². The maximum atomic E-state index is 13.3. The molecule has 0 radical (unpaired) electrons. The number of hydrogen-bond acceptors (Lipinski definition) is 7. The molecule has 5 rings (SSSR count). The maximum absolute atomic E-state index is 13.3. The monoisotopic (exact) mass is 442 g/mol. The molecule has 0 unspecified atom stereocenters. The summed E-state index contributed by atoms with van der Waals surface area (Å²) in [5.41, 5.74) is 5.81. The van der Waals surface area contributed by atoms with Crippen LogP contribution in [-0.2, 0) is 16.1 Å². The Morgan fingerprint density at radius 3 is 2.59 bits per heavy atom. The highest BCUT2D eigenvalue weighted by Gasteiger charge is 2.32. The third-order valence-corrected chi connectivity index (χ3v) is 6.06. The summed E-state index contributed by atoms with van der Waals surface area (Å²) in [7, 11) is 0. The van der Waals surface area contributed by atoms with Crippen LogP contribution in [0.15, 0.2) is 10.9 Å². The van der Waals surface area contributed by atoms with Crippen molar-refractivity contribution in [2.24, 2.45) is 5.92 Å². The molecule has 11 heteroatoms. The first-order chi connectivity index (χ1) is 15.4. The molecule has 2 amide bonds. The fourth-order valence-electron chi connectivity index (χ4n) is 3.89. The van der Waals surface area contributed by atoms with Crippen molar-refractivity contribution >= 4 is 29.4 Å². The summed E-state index contributed by atoms with van der Waals surface area (Å²) in [5.74, 6) is -1.01. The van der Waals surface area contributed by atoms with E-state index in [0.29, 0.717) is 44.3 Å². The number of morpholine rings is 1. The van der Waals surface area contributed by atoms with Crippen molar-refractivity contribution in [2.75, 3.05) is 32.0 Å². The van der Waals surface area contributed by atoms with Crippen LogP contribution in [0.5, 0.6) is 5.88 Å². The predicted molar refractivity (Wildman–Crippen MR) is 115 cm³/mol. The molecule has 0 bridgehead atoms. The molecule has 11 nitrogen and oxygen atoms in total. The lowest BCUT2D eigenvalue weighted by Gasteiger charge is -2.25. The third-order valence-electron chi connectivity index (χ3n) is 6.06. The first-order valence-electron chi connectivity index (χ1n) is 10.9. The van der Waals surface area contributed by atoms with Crippen LogP contribution in [0.4, 0.5) is 5.82 Å². The number of fused-ring (bicyclic) bond motifs is 1. The van der Waals surface area contributed by atoms with E-state index in [4.69, 9.17) is 10.5 Å². The summed E-state index contributed by atoms with van der Waals surface area (Å²) in [5, 5.41) is 17.7. The van der Waals surface area contributed by atoms with E-state index >= 15 is 0 Å². The highest BCUT2D eigenvalue weighted by atomic mass is 16.5. The van der Waals surface area contributed by atoms with E-state index in [1.54, 1.807) is 4.90 Å². The number of nitrogen functional groups attached to an aromatic ring is 1. The Balaban J connectivity index is 1.58. The number of amides is 2. The van der Waals surface area contributed by atoms with E-state index < -0.39 is 17.3 Å². The zero-order valence-electron chi connectivity index (χ0n) is 17.6. The van der Waals surface area contributed by atoms with E-state index in [9.17, 15) is 19.5 Å². The fourth-order valence-corrected chi connectivity index (χ4v) is 3.89. The minimum absolute atomic E-state index is 0.0289. The molecule has 0 atom stereocenters. The van der Waals surface area contributed by atoms with Crippen LogP contribution in [0, 0.1) is 5.92 Å². The van der Waals surface area contributed by atoms with E-state index in [0.717, 1.165) is 30.2 Å². The molecule has 2 aliphatic carbocycles. The summed E-state index contributed by atoms with van der Waals surface area (Å²) < 4.78 is 7.84. The number of ether oxygens (including phenoxy) is 1. The summed E-state index contributed by atoms with van der Waals surface area (Å²) in [6, 6.07) is 0.0289. The first-order valence-corrected chi connectivity index (χ1v) is 10.9. The van der Waals surface area contributed by atoms with Crippen molar-refractivity contribution in [3.05, 3.63) is 27.6 Å². The number of nitrogens with one attached hydrogen (secondary N) is 1. The second kappa shape index (κ2) is 7.97. The molecule has 1 saturated heterocycles. The molecular formula is C21H26N6O5. The molecular weight excluding hydrogens is 416 g/mol. The van der Waals surface area contributed by atoms with Gasteiger partial charge in [-0.1, -0.05) is 0 Å². The number of rotatable bonds is 6. The second-order valence-corrected chi connectivity index (χ2v) is 8.61. The molecule has 3 fully saturated rings. The first kappa shape index (κ1) is 20.6. The van der Waals surface area contributed by atoms with E-state index in [2.05, 4.69) is 10.4 Å². The van der Waals surface area contributed by atoms with Crippen LogP contribution >= 0.6 is 0 Å².